The van der Waals surface area contributed by atoms with E-state index in [1.165, 1.54) is 10.4 Å². The minimum Gasteiger partial charge on any atom is -0.624 e. The highest BCUT2D eigenvalue weighted by Gasteiger charge is 2.52. The first-order valence-corrected chi connectivity index (χ1v) is 15.4. The second kappa shape index (κ2) is 10.4. The van der Waals surface area contributed by atoms with Crippen LogP contribution in [0.1, 0.15) is 43.0 Å². The SMILES string of the molecule is Cc1ccc2c(c1O[Si](c1ccccc1)(c1ccccc1)C(C)(C)C)C[C@@H](Cc1ccc(Cl)cc1)[N+]([O-])=C2. The van der Waals surface area contributed by atoms with Crippen molar-refractivity contribution >= 4 is 36.5 Å². The fraction of sp³-hybridized carbons (Fsp3) is 0.242. The maximum absolute atomic E-state index is 13.1. The average molecular weight is 540 g/mol. The van der Waals surface area contributed by atoms with Crippen molar-refractivity contribution in [1.82, 2.24) is 0 Å². The van der Waals surface area contributed by atoms with E-state index in [4.69, 9.17) is 16.0 Å². The molecule has 0 saturated heterocycles. The minimum absolute atomic E-state index is 0.156. The lowest BCUT2D eigenvalue weighted by atomic mass is 9.91. The molecule has 4 aromatic carbocycles. The summed E-state index contributed by atoms with van der Waals surface area (Å²) in [5.74, 6) is 0.919. The zero-order valence-corrected chi connectivity index (χ0v) is 24.2. The van der Waals surface area contributed by atoms with E-state index in [0.717, 1.165) is 32.7 Å². The number of hydrogen-bond donors (Lipinski definition) is 0. The van der Waals surface area contributed by atoms with E-state index >= 15 is 0 Å². The maximum atomic E-state index is 13.1. The third-order valence-corrected chi connectivity index (χ3v) is 12.8. The standard InChI is InChI=1S/C33H34ClNO2Si/c1-24-15-18-26-23-35(36)28(21-25-16-19-27(34)20-17-25)22-31(26)32(24)37-38(33(2,3)4,29-11-7-5-8-12-29)30-13-9-6-10-14-30/h5-20,23,28H,21-22H2,1-4H3/t28-/m1/s1. The van der Waals surface area contributed by atoms with Gasteiger partial charge in [-0.2, -0.15) is 0 Å². The molecule has 0 spiro atoms. The number of benzene rings is 4. The second-order valence-corrected chi connectivity index (χ2v) is 15.9. The zero-order valence-electron chi connectivity index (χ0n) is 22.4. The van der Waals surface area contributed by atoms with Crippen LogP contribution in [0.3, 0.4) is 0 Å². The number of hydroxylamine groups is 1. The molecule has 1 aliphatic heterocycles. The molecule has 0 radical (unpaired) electrons. The lowest BCUT2D eigenvalue weighted by Crippen LogP contribution is -2.69. The number of halogens is 1. The molecule has 38 heavy (non-hydrogen) atoms. The van der Waals surface area contributed by atoms with Crippen molar-refractivity contribution in [2.75, 3.05) is 0 Å². The Morgan fingerprint density at radius 1 is 0.868 bits per heavy atom. The third-order valence-electron chi connectivity index (χ3n) is 7.62. The number of hydrogen-bond acceptors (Lipinski definition) is 2. The van der Waals surface area contributed by atoms with E-state index in [-0.39, 0.29) is 11.1 Å². The highest BCUT2D eigenvalue weighted by Crippen LogP contribution is 2.41. The Morgan fingerprint density at radius 2 is 1.45 bits per heavy atom. The van der Waals surface area contributed by atoms with Crippen LogP contribution >= 0.6 is 11.6 Å². The van der Waals surface area contributed by atoms with Gasteiger partial charge in [-0.25, -0.2) is 4.74 Å². The Labute approximate surface area is 232 Å². The van der Waals surface area contributed by atoms with Gasteiger partial charge in [0.2, 0.25) is 0 Å². The summed E-state index contributed by atoms with van der Waals surface area (Å²) in [6.07, 6.45) is 2.99. The first-order chi connectivity index (χ1) is 18.2. The summed E-state index contributed by atoms with van der Waals surface area (Å²) >= 11 is 6.10. The summed E-state index contributed by atoms with van der Waals surface area (Å²) in [7, 11) is -2.82. The van der Waals surface area contributed by atoms with E-state index in [9.17, 15) is 5.21 Å². The summed E-state index contributed by atoms with van der Waals surface area (Å²) in [5, 5.41) is 16.1. The van der Waals surface area contributed by atoms with Gasteiger partial charge in [0.05, 0.1) is 0 Å². The Morgan fingerprint density at radius 3 is 2.00 bits per heavy atom. The quantitative estimate of drug-likeness (QED) is 0.155. The average Bonchev–Trinajstić information content (AvgIpc) is 2.90. The van der Waals surface area contributed by atoms with Crippen molar-refractivity contribution in [3.63, 3.8) is 0 Å². The minimum atomic E-state index is -2.82. The van der Waals surface area contributed by atoms with Crippen LogP contribution < -0.4 is 14.8 Å². The first kappa shape index (κ1) is 26.3. The summed E-state index contributed by atoms with van der Waals surface area (Å²) in [5.41, 5.74) is 4.24. The molecule has 3 nitrogen and oxygen atoms in total. The monoisotopic (exact) mass is 539 g/mol. The molecule has 1 atom stereocenters. The summed E-state index contributed by atoms with van der Waals surface area (Å²) in [6, 6.07) is 33.1. The Balaban J connectivity index is 1.64. The molecule has 0 aromatic heterocycles. The van der Waals surface area contributed by atoms with E-state index in [1.807, 2.05) is 30.3 Å². The van der Waals surface area contributed by atoms with Crippen molar-refractivity contribution in [3.8, 4) is 5.75 Å². The fourth-order valence-electron chi connectivity index (χ4n) is 5.66. The molecule has 0 fully saturated rings. The van der Waals surface area contributed by atoms with Crippen molar-refractivity contribution in [3.05, 3.63) is 130 Å². The molecular weight excluding hydrogens is 506 g/mol. The second-order valence-electron chi connectivity index (χ2n) is 11.2. The van der Waals surface area contributed by atoms with Crippen LogP contribution in [-0.4, -0.2) is 25.3 Å². The lowest BCUT2D eigenvalue weighted by molar-refractivity contribution is -0.497. The normalized spacial score (nSPS) is 15.5. The molecule has 0 bridgehead atoms. The largest absolute Gasteiger partial charge is 0.624 e. The topological polar surface area (TPSA) is 35.3 Å². The van der Waals surface area contributed by atoms with Gasteiger partial charge in [-0.15, -0.1) is 0 Å². The molecule has 0 saturated carbocycles. The fourth-order valence-corrected chi connectivity index (χ4v) is 10.3. The van der Waals surface area contributed by atoms with Gasteiger partial charge in [0, 0.05) is 29.0 Å². The van der Waals surface area contributed by atoms with Crippen LogP contribution in [0.5, 0.6) is 5.75 Å². The van der Waals surface area contributed by atoms with Gasteiger partial charge >= 0.3 is 8.32 Å². The first-order valence-electron chi connectivity index (χ1n) is 13.2. The Kier molecular flexibility index (Phi) is 7.21. The van der Waals surface area contributed by atoms with Crippen LogP contribution in [0, 0.1) is 12.1 Å². The van der Waals surface area contributed by atoms with Crippen LogP contribution in [0.15, 0.2) is 97.1 Å². The Bertz CT molecular complexity index is 1410. The molecule has 0 amide bonds. The van der Waals surface area contributed by atoms with Gasteiger partial charge in [0.15, 0.2) is 12.3 Å². The van der Waals surface area contributed by atoms with Gasteiger partial charge in [-0.05, 0) is 51.7 Å². The zero-order chi connectivity index (χ0) is 26.9. The Hall–Kier alpha value is -3.34. The van der Waals surface area contributed by atoms with Gasteiger partial charge in [0.25, 0.3) is 0 Å². The van der Waals surface area contributed by atoms with Crippen LogP contribution in [-0.2, 0) is 12.8 Å². The van der Waals surface area contributed by atoms with Crippen molar-refractivity contribution in [1.29, 1.82) is 0 Å². The van der Waals surface area contributed by atoms with E-state index in [0.29, 0.717) is 17.9 Å². The third kappa shape index (κ3) is 4.91. The molecule has 1 heterocycles. The van der Waals surface area contributed by atoms with Crippen LogP contribution in [0.25, 0.3) is 0 Å². The van der Waals surface area contributed by atoms with Crippen molar-refractivity contribution in [2.45, 2.75) is 51.6 Å². The lowest BCUT2D eigenvalue weighted by Gasteiger charge is -2.44. The van der Waals surface area contributed by atoms with E-state index in [2.05, 4.69) is 94.4 Å². The van der Waals surface area contributed by atoms with Gasteiger partial charge in [0.1, 0.15) is 5.75 Å². The van der Waals surface area contributed by atoms with Gasteiger partial charge in [-0.3, -0.25) is 0 Å². The molecule has 0 unspecified atom stereocenters. The molecule has 4 aromatic rings. The number of rotatable bonds is 6. The molecule has 194 valence electrons. The molecule has 5 heteroatoms. The van der Waals surface area contributed by atoms with Crippen molar-refractivity contribution in [2.24, 2.45) is 0 Å². The number of fused-ring (bicyclic) bond motifs is 1. The van der Waals surface area contributed by atoms with Crippen LogP contribution in [0.2, 0.25) is 10.1 Å². The maximum Gasteiger partial charge on any atom is 0.319 e. The highest BCUT2D eigenvalue weighted by molar-refractivity contribution is 7.00. The summed E-state index contributed by atoms with van der Waals surface area (Å²) in [6.45, 7) is 8.99. The van der Waals surface area contributed by atoms with Gasteiger partial charge < -0.3 is 9.63 Å². The smallest absolute Gasteiger partial charge is 0.319 e. The molecule has 5 rings (SSSR count). The number of aryl methyl sites for hydroxylation is 1. The molecule has 0 N–H and O–H groups in total. The predicted molar refractivity (Wildman–Crippen MR) is 161 cm³/mol. The van der Waals surface area contributed by atoms with Crippen molar-refractivity contribution < 1.29 is 9.16 Å². The molecule has 0 aliphatic carbocycles. The van der Waals surface area contributed by atoms with E-state index in [1.54, 1.807) is 6.21 Å². The predicted octanol–water partition coefficient (Wildman–Crippen LogP) is 6.68. The van der Waals surface area contributed by atoms with Gasteiger partial charge in [-0.1, -0.05) is 111 Å². The highest BCUT2D eigenvalue weighted by atomic mass is 35.5. The van der Waals surface area contributed by atoms with E-state index < -0.39 is 8.32 Å². The molecule has 1 aliphatic rings. The molecular formula is C33H34ClNO2Si. The van der Waals surface area contributed by atoms with Crippen LogP contribution in [0.4, 0.5) is 0 Å². The summed E-state index contributed by atoms with van der Waals surface area (Å²) < 4.78 is 8.61. The number of nitrogens with zero attached hydrogens (tertiary/aromatic N) is 1. The summed E-state index contributed by atoms with van der Waals surface area (Å²) in [4.78, 5) is 0.